The van der Waals surface area contributed by atoms with E-state index in [0.29, 0.717) is 23.0 Å². The summed E-state index contributed by atoms with van der Waals surface area (Å²) in [6.07, 6.45) is 2.25. The second-order valence-corrected chi connectivity index (χ2v) is 7.74. The Hall–Kier alpha value is -3.51. The molecular weight excluding hydrogens is 414 g/mol. The van der Waals surface area contributed by atoms with Crippen LogP contribution in [-0.2, 0) is 22.6 Å². The van der Waals surface area contributed by atoms with Gasteiger partial charge in [-0.15, -0.1) is 0 Å². The summed E-state index contributed by atoms with van der Waals surface area (Å²) in [5.41, 5.74) is 2.86. The third-order valence-electron chi connectivity index (χ3n) is 5.02. The lowest BCUT2D eigenvalue weighted by molar-refractivity contribution is -0.128. The zero-order chi connectivity index (χ0) is 21.8. The molecule has 0 radical (unpaired) electrons. The molecule has 7 heteroatoms. The van der Waals surface area contributed by atoms with E-state index in [2.05, 4.69) is 15.6 Å². The average Bonchev–Trinajstić information content (AvgIpc) is 3.39. The van der Waals surface area contributed by atoms with Gasteiger partial charge in [0.2, 0.25) is 11.8 Å². The highest BCUT2D eigenvalue weighted by Crippen LogP contribution is 2.24. The molecule has 6 nitrogen and oxygen atoms in total. The summed E-state index contributed by atoms with van der Waals surface area (Å²) >= 11 is 5.93. The molecule has 0 aliphatic carbocycles. The Bertz CT molecular complexity index is 1210. The van der Waals surface area contributed by atoms with Crippen LogP contribution in [0, 0.1) is 0 Å². The summed E-state index contributed by atoms with van der Waals surface area (Å²) in [5.74, 6) is 0.776. The first-order valence-electron chi connectivity index (χ1n) is 9.94. The minimum absolute atomic E-state index is 0.219. The van der Waals surface area contributed by atoms with E-state index in [9.17, 15) is 9.59 Å². The normalized spacial score (nSPS) is 11.9. The third-order valence-corrected chi connectivity index (χ3v) is 5.27. The minimum atomic E-state index is -0.692. The molecule has 2 aromatic carbocycles. The molecule has 3 N–H and O–H groups in total. The van der Waals surface area contributed by atoms with Crippen LogP contribution in [0.4, 0.5) is 0 Å². The van der Waals surface area contributed by atoms with Crippen LogP contribution in [0.3, 0.4) is 0 Å². The SMILES string of the molecule is CC(=O)NC(Cc1c[nH]c2ccccc12)C(=O)NCc1ccc(-c2ccc(Cl)cc2)o1. The van der Waals surface area contributed by atoms with Gasteiger partial charge in [-0.2, -0.15) is 0 Å². The van der Waals surface area contributed by atoms with Crippen LogP contribution in [0.15, 0.2) is 71.3 Å². The van der Waals surface area contributed by atoms with Gasteiger partial charge in [0.1, 0.15) is 17.6 Å². The topological polar surface area (TPSA) is 87.1 Å². The van der Waals surface area contributed by atoms with Crippen molar-refractivity contribution < 1.29 is 14.0 Å². The van der Waals surface area contributed by atoms with E-state index in [-0.39, 0.29) is 18.4 Å². The Morgan fingerprint density at radius 1 is 1.06 bits per heavy atom. The minimum Gasteiger partial charge on any atom is -0.459 e. The maximum atomic E-state index is 12.8. The second kappa shape index (κ2) is 9.10. The predicted octanol–water partition coefficient (Wildman–Crippen LogP) is 4.44. The highest BCUT2D eigenvalue weighted by atomic mass is 35.5. The number of fused-ring (bicyclic) bond motifs is 1. The van der Waals surface area contributed by atoms with E-state index in [0.717, 1.165) is 22.0 Å². The van der Waals surface area contributed by atoms with Crippen molar-refractivity contribution in [3.63, 3.8) is 0 Å². The molecule has 0 bridgehead atoms. The largest absolute Gasteiger partial charge is 0.459 e. The fourth-order valence-corrected chi connectivity index (χ4v) is 3.64. The van der Waals surface area contributed by atoms with Gasteiger partial charge in [-0.1, -0.05) is 29.8 Å². The molecule has 1 atom stereocenters. The Balaban J connectivity index is 1.43. The maximum absolute atomic E-state index is 12.8. The van der Waals surface area contributed by atoms with E-state index < -0.39 is 6.04 Å². The molecule has 0 spiro atoms. The summed E-state index contributed by atoms with van der Waals surface area (Å²) < 4.78 is 5.83. The first-order valence-corrected chi connectivity index (χ1v) is 10.3. The molecular formula is C24H22ClN3O3. The van der Waals surface area contributed by atoms with E-state index in [1.807, 2.05) is 54.7 Å². The summed E-state index contributed by atoms with van der Waals surface area (Å²) in [7, 11) is 0. The van der Waals surface area contributed by atoms with Crippen molar-refractivity contribution in [1.82, 2.24) is 15.6 Å². The molecule has 158 valence electrons. The number of benzene rings is 2. The van der Waals surface area contributed by atoms with Crippen LogP contribution in [0.2, 0.25) is 5.02 Å². The maximum Gasteiger partial charge on any atom is 0.243 e. The van der Waals surface area contributed by atoms with Crippen molar-refractivity contribution in [2.24, 2.45) is 0 Å². The third kappa shape index (κ3) is 4.98. The monoisotopic (exact) mass is 435 g/mol. The van der Waals surface area contributed by atoms with Crippen LogP contribution in [0.5, 0.6) is 0 Å². The number of nitrogens with one attached hydrogen (secondary N) is 3. The Morgan fingerprint density at radius 2 is 1.84 bits per heavy atom. The number of hydrogen-bond acceptors (Lipinski definition) is 3. The first-order chi connectivity index (χ1) is 15.0. The van der Waals surface area contributed by atoms with Gasteiger partial charge in [0.25, 0.3) is 0 Å². The number of hydrogen-bond donors (Lipinski definition) is 3. The van der Waals surface area contributed by atoms with Gasteiger partial charge in [0.15, 0.2) is 0 Å². The zero-order valence-corrected chi connectivity index (χ0v) is 17.7. The van der Waals surface area contributed by atoms with Crippen LogP contribution in [0.1, 0.15) is 18.2 Å². The molecule has 2 amide bonds. The molecule has 0 aliphatic heterocycles. The Labute approximate surface area is 184 Å². The van der Waals surface area contributed by atoms with Gasteiger partial charge in [0, 0.05) is 41.0 Å². The molecule has 31 heavy (non-hydrogen) atoms. The number of H-pyrrole nitrogens is 1. The lowest BCUT2D eigenvalue weighted by atomic mass is 10.0. The smallest absolute Gasteiger partial charge is 0.243 e. The van der Waals surface area contributed by atoms with E-state index >= 15 is 0 Å². The van der Waals surface area contributed by atoms with Crippen molar-refractivity contribution in [3.8, 4) is 11.3 Å². The number of rotatable bonds is 7. The highest BCUT2D eigenvalue weighted by Gasteiger charge is 2.21. The number of amides is 2. The molecule has 2 heterocycles. The molecule has 4 rings (SSSR count). The summed E-state index contributed by atoms with van der Waals surface area (Å²) in [6, 6.07) is 18.2. The van der Waals surface area contributed by atoms with Gasteiger partial charge in [-0.3, -0.25) is 9.59 Å². The number of aromatic nitrogens is 1. The fourth-order valence-electron chi connectivity index (χ4n) is 3.51. The van der Waals surface area contributed by atoms with Crippen molar-refractivity contribution in [1.29, 1.82) is 0 Å². The van der Waals surface area contributed by atoms with E-state index in [1.54, 1.807) is 12.1 Å². The number of carbonyl (C=O) groups is 2. The van der Waals surface area contributed by atoms with Gasteiger partial charge in [-0.25, -0.2) is 0 Å². The van der Waals surface area contributed by atoms with Crippen LogP contribution >= 0.6 is 11.6 Å². The van der Waals surface area contributed by atoms with E-state index in [1.165, 1.54) is 6.92 Å². The lowest BCUT2D eigenvalue weighted by Gasteiger charge is -2.17. The number of halogens is 1. The van der Waals surface area contributed by atoms with Crippen LogP contribution in [-0.4, -0.2) is 22.8 Å². The quantitative estimate of drug-likeness (QED) is 0.401. The number of furan rings is 1. The van der Waals surface area contributed by atoms with Crippen molar-refractivity contribution in [3.05, 3.63) is 83.2 Å². The van der Waals surface area contributed by atoms with Crippen LogP contribution in [0.25, 0.3) is 22.2 Å². The fraction of sp³-hybridized carbons (Fsp3) is 0.167. The standard InChI is InChI=1S/C24H22ClN3O3/c1-15(29)28-22(12-17-13-26-21-5-3-2-4-20(17)21)24(30)27-14-19-10-11-23(31-19)16-6-8-18(25)9-7-16/h2-11,13,22,26H,12,14H2,1H3,(H,27,30)(H,28,29). The Morgan fingerprint density at radius 3 is 2.61 bits per heavy atom. The summed E-state index contributed by atoms with van der Waals surface area (Å²) in [4.78, 5) is 27.7. The molecule has 0 aliphatic rings. The van der Waals surface area contributed by atoms with Crippen LogP contribution < -0.4 is 10.6 Å². The molecule has 1 unspecified atom stereocenters. The predicted molar refractivity (Wildman–Crippen MR) is 121 cm³/mol. The Kier molecular flexibility index (Phi) is 6.09. The average molecular weight is 436 g/mol. The molecule has 4 aromatic rings. The van der Waals surface area contributed by atoms with Crippen molar-refractivity contribution in [2.45, 2.75) is 25.9 Å². The summed E-state index contributed by atoms with van der Waals surface area (Å²) in [6.45, 7) is 1.62. The van der Waals surface area contributed by atoms with Crippen molar-refractivity contribution in [2.75, 3.05) is 0 Å². The first kappa shape index (κ1) is 20.8. The second-order valence-electron chi connectivity index (χ2n) is 7.31. The molecule has 0 saturated carbocycles. The van der Waals surface area contributed by atoms with Gasteiger partial charge in [-0.05, 0) is 48.0 Å². The lowest BCUT2D eigenvalue weighted by Crippen LogP contribution is -2.47. The number of aromatic amines is 1. The summed E-state index contributed by atoms with van der Waals surface area (Å²) in [5, 5.41) is 7.29. The molecule has 0 fully saturated rings. The van der Waals surface area contributed by atoms with Gasteiger partial charge >= 0.3 is 0 Å². The zero-order valence-electron chi connectivity index (χ0n) is 16.9. The molecule has 0 saturated heterocycles. The van der Waals surface area contributed by atoms with Crippen molar-refractivity contribution >= 4 is 34.3 Å². The number of para-hydroxylation sites is 1. The molecule has 2 aromatic heterocycles. The van der Waals surface area contributed by atoms with E-state index in [4.69, 9.17) is 16.0 Å². The van der Waals surface area contributed by atoms with Gasteiger partial charge < -0.3 is 20.0 Å². The number of carbonyl (C=O) groups excluding carboxylic acids is 2. The highest BCUT2D eigenvalue weighted by molar-refractivity contribution is 6.30. The van der Waals surface area contributed by atoms with Gasteiger partial charge in [0.05, 0.1) is 6.54 Å².